The van der Waals surface area contributed by atoms with Gasteiger partial charge in [-0.3, -0.25) is 0 Å². The SMILES string of the molecule is CN(C)Cc1c([C@@H]2CCCNC2)[nH]c2ncccc12. The predicted octanol–water partition coefficient (Wildman–Crippen LogP) is 2.09. The molecule has 0 aromatic carbocycles. The molecule has 4 heteroatoms. The number of rotatable bonds is 3. The van der Waals surface area contributed by atoms with Crippen LogP contribution in [0.25, 0.3) is 11.0 Å². The normalized spacial score (nSPS) is 20.3. The lowest BCUT2D eigenvalue weighted by Crippen LogP contribution is -2.29. The van der Waals surface area contributed by atoms with Crippen LogP contribution in [0.15, 0.2) is 18.3 Å². The highest BCUT2D eigenvalue weighted by Crippen LogP contribution is 2.31. The number of nitrogens with zero attached hydrogens (tertiary/aromatic N) is 2. The van der Waals surface area contributed by atoms with Crippen molar-refractivity contribution < 1.29 is 0 Å². The van der Waals surface area contributed by atoms with Crippen molar-refractivity contribution in [2.45, 2.75) is 25.3 Å². The molecule has 102 valence electrons. The van der Waals surface area contributed by atoms with Gasteiger partial charge < -0.3 is 15.2 Å². The zero-order valence-electron chi connectivity index (χ0n) is 11.7. The van der Waals surface area contributed by atoms with Crippen molar-refractivity contribution in [1.82, 2.24) is 20.2 Å². The van der Waals surface area contributed by atoms with E-state index in [1.54, 1.807) is 0 Å². The summed E-state index contributed by atoms with van der Waals surface area (Å²) in [4.78, 5) is 10.3. The van der Waals surface area contributed by atoms with Gasteiger partial charge in [0.15, 0.2) is 0 Å². The van der Waals surface area contributed by atoms with E-state index in [1.807, 2.05) is 12.3 Å². The number of nitrogens with one attached hydrogen (secondary N) is 2. The summed E-state index contributed by atoms with van der Waals surface area (Å²) >= 11 is 0. The molecule has 1 saturated heterocycles. The Kier molecular flexibility index (Phi) is 3.53. The van der Waals surface area contributed by atoms with Gasteiger partial charge in [0.2, 0.25) is 0 Å². The minimum atomic E-state index is 0.595. The van der Waals surface area contributed by atoms with E-state index in [1.165, 1.54) is 29.5 Å². The number of pyridine rings is 1. The topological polar surface area (TPSA) is 44.0 Å². The summed E-state index contributed by atoms with van der Waals surface area (Å²) in [6.07, 6.45) is 4.39. The molecule has 2 N–H and O–H groups in total. The molecule has 1 aliphatic rings. The van der Waals surface area contributed by atoms with Gasteiger partial charge in [0.25, 0.3) is 0 Å². The van der Waals surface area contributed by atoms with Crippen molar-refractivity contribution in [3.05, 3.63) is 29.6 Å². The first-order valence-electron chi connectivity index (χ1n) is 7.06. The van der Waals surface area contributed by atoms with Crippen molar-refractivity contribution in [2.24, 2.45) is 0 Å². The molecular formula is C15H22N4. The fourth-order valence-corrected chi connectivity index (χ4v) is 3.03. The third kappa shape index (κ3) is 2.51. The summed E-state index contributed by atoms with van der Waals surface area (Å²) in [6.45, 7) is 3.20. The maximum absolute atomic E-state index is 4.47. The molecule has 3 rings (SSSR count). The van der Waals surface area contributed by atoms with Crippen LogP contribution in [0.5, 0.6) is 0 Å². The lowest BCUT2D eigenvalue weighted by atomic mass is 9.93. The van der Waals surface area contributed by atoms with E-state index in [0.29, 0.717) is 5.92 Å². The van der Waals surface area contributed by atoms with Crippen LogP contribution in [0.4, 0.5) is 0 Å². The third-order valence-electron chi connectivity index (χ3n) is 3.89. The number of H-pyrrole nitrogens is 1. The van der Waals surface area contributed by atoms with E-state index in [9.17, 15) is 0 Å². The average molecular weight is 258 g/mol. The van der Waals surface area contributed by atoms with Crippen LogP contribution in [0.3, 0.4) is 0 Å². The second-order valence-electron chi connectivity index (χ2n) is 5.70. The Hall–Kier alpha value is -1.39. The van der Waals surface area contributed by atoms with Gasteiger partial charge in [-0.05, 0) is 51.2 Å². The Morgan fingerprint density at radius 3 is 3.05 bits per heavy atom. The highest BCUT2D eigenvalue weighted by Gasteiger charge is 2.22. The molecule has 0 amide bonds. The van der Waals surface area contributed by atoms with E-state index in [0.717, 1.165) is 25.3 Å². The summed E-state index contributed by atoms with van der Waals surface area (Å²) < 4.78 is 0. The number of piperidine rings is 1. The van der Waals surface area contributed by atoms with Gasteiger partial charge in [-0.25, -0.2) is 4.98 Å². The zero-order chi connectivity index (χ0) is 13.2. The van der Waals surface area contributed by atoms with Crippen LogP contribution in [0.2, 0.25) is 0 Å². The maximum Gasteiger partial charge on any atom is 0.137 e. The fraction of sp³-hybridized carbons (Fsp3) is 0.533. The molecule has 1 atom stereocenters. The Morgan fingerprint density at radius 2 is 2.32 bits per heavy atom. The lowest BCUT2D eigenvalue weighted by molar-refractivity contribution is 0.395. The number of aromatic amines is 1. The first-order valence-corrected chi connectivity index (χ1v) is 7.06. The number of hydrogen-bond acceptors (Lipinski definition) is 3. The maximum atomic E-state index is 4.47. The van der Waals surface area contributed by atoms with Gasteiger partial charge >= 0.3 is 0 Å². The molecule has 1 fully saturated rings. The summed E-state index contributed by atoms with van der Waals surface area (Å²) in [6, 6.07) is 4.20. The molecule has 3 heterocycles. The van der Waals surface area contributed by atoms with Crippen molar-refractivity contribution in [2.75, 3.05) is 27.2 Å². The molecule has 0 bridgehead atoms. The molecule has 19 heavy (non-hydrogen) atoms. The standard InChI is InChI=1S/C15H22N4/c1-19(2)10-13-12-6-4-8-17-15(12)18-14(13)11-5-3-7-16-9-11/h4,6,8,11,16H,3,5,7,9-10H2,1-2H3,(H,17,18)/t11-/m1/s1. The summed E-state index contributed by atoms with van der Waals surface area (Å²) in [5, 5.41) is 4.78. The fourth-order valence-electron chi connectivity index (χ4n) is 3.03. The summed E-state index contributed by atoms with van der Waals surface area (Å²) in [5.41, 5.74) is 3.83. The van der Waals surface area contributed by atoms with E-state index in [-0.39, 0.29) is 0 Å². The lowest BCUT2D eigenvalue weighted by Gasteiger charge is -2.24. The van der Waals surface area contributed by atoms with E-state index in [4.69, 9.17) is 0 Å². The Balaban J connectivity index is 2.05. The predicted molar refractivity (Wildman–Crippen MR) is 78.3 cm³/mol. The van der Waals surface area contributed by atoms with Crippen LogP contribution in [-0.2, 0) is 6.54 Å². The van der Waals surface area contributed by atoms with Crippen LogP contribution < -0.4 is 5.32 Å². The highest BCUT2D eigenvalue weighted by molar-refractivity contribution is 5.81. The molecule has 2 aromatic rings. The highest BCUT2D eigenvalue weighted by atomic mass is 15.1. The molecule has 2 aromatic heterocycles. The number of aromatic nitrogens is 2. The van der Waals surface area contributed by atoms with Crippen LogP contribution >= 0.6 is 0 Å². The van der Waals surface area contributed by atoms with Gasteiger partial charge in [0.05, 0.1) is 0 Å². The molecule has 0 saturated carbocycles. The molecule has 1 aliphatic heterocycles. The monoisotopic (exact) mass is 258 g/mol. The van der Waals surface area contributed by atoms with Crippen molar-refractivity contribution in [1.29, 1.82) is 0 Å². The first-order chi connectivity index (χ1) is 9.25. The minimum absolute atomic E-state index is 0.595. The molecule has 0 aliphatic carbocycles. The van der Waals surface area contributed by atoms with Gasteiger partial charge in [0.1, 0.15) is 5.65 Å². The van der Waals surface area contributed by atoms with E-state index >= 15 is 0 Å². The van der Waals surface area contributed by atoms with Gasteiger partial charge in [-0.1, -0.05) is 0 Å². The number of hydrogen-bond donors (Lipinski definition) is 2. The zero-order valence-corrected chi connectivity index (χ0v) is 11.7. The Labute approximate surface area is 114 Å². The van der Waals surface area contributed by atoms with Crippen LogP contribution in [0, 0.1) is 0 Å². The van der Waals surface area contributed by atoms with Gasteiger partial charge in [-0.15, -0.1) is 0 Å². The molecule has 4 nitrogen and oxygen atoms in total. The quantitative estimate of drug-likeness (QED) is 0.886. The average Bonchev–Trinajstić information content (AvgIpc) is 2.78. The molecule has 0 unspecified atom stereocenters. The van der Waals surface area contributed by atoms with Gasteiger partial charge in [-0.2, -0.15) is 0 Å². The Bertz CT molecular complexity index is 552. The van der Waals surface area contributed by atoms with Gasteiger partial charge in [0, 0.05) is 36.3 Å². The minimum Gasteiger partial charge on any atom is -0.343 e. The number of fused-ring (bicyclic) bond motifs is 1. The summed E-state index contributed by atoms with van der Waals surface area (Å²) in [5.74, 6) is 0.595. The second kappa shape index (κ2) is 5.31. The van der Waals surface area contributed by atoms with E-state index in [2.05, 4.69) is 40.3 Å². The molecular weight excluding hydrogens is 236 g/mol. The largest absolute Gasteiger partial charge is 0.343 e. The smallest absolute Gasteiger partial charge is 0.137 e. The molecule has 0 spiro atoms. The van der Waals surface area contributed by atoms with E-state index < -0.39 is 0 Å². The summed E-state index contributed by atoms with van der Waals surface area (Å²) in [7, 11) is 4.25. The second-order valence-corrected chi connectivity index (χ2v) is 5.70. The van der Waals surface area contributed by atoms with Crippen molar-refractivity contribution in [3.8, 4) is 0 Å². The van der Waals surface area contributed by atoms with Crippen LogP contribution in [-0.4, -0.2) is 42.1 Å². The molecule has 0 radical (unpaired) electrons. The Morgan fingerprint density at radius 1 is 1.42 bits per heavy atom. The van der Waals surface area contributed by atoms with Crippen LogP contribution in [0.1, 0.15) is 30.0 Å². The first kappa shape index (κ1) is 12.6. The van der Waals surface area contributed by atoms with Crippen molar-refractivity contribution in [3.63, 3.8) is 0 Å². The third-order valence-corrected chi connectivity index (χ3v) is 3.89. The van der Waals surface area contributed by atoms with Crippen molar-refractivity contribution >= 4 is 11.0 Å².